The molecule has 1 saturated heterocycles. The van der Waals surface area contributed by atoms with Crippen molar-refractivity contribution in [2.24, 2.45) is 0 Å². The Hall–Kier alpha value is -2.23. The molecule has 9 heteroatoms. The Morgan fingerprint density at radius 1 is 1.19 bits per heavy atom. The number of sulfonamides is 1. The minimum Gasteiger partial charge on any atom is -0.494 e. The number of aromatic nitrogens is 2. The number of morpholine rings is 1. The number of nitrogens with one attached hydrogen (secondary N) is 1. The molecule has 0 atom stereocenters. The van der Waals surface area contributed by atoms with Crippen LogP contribution in [0, 0.1) is 6.92 Å². The molecule has 1 aliphatic rings. The second kappa shape index (κ2) is 8.64. The zero-order valence-electron chi connectivity index (χ0n) is 15.5. The Labute approximate surface area is 159 Å². The van der Waals surface area contributed by atoms with Crippen molar-refractivity contribution >= 4 is 15.8 Å². The molecule has 1 aromatic heterocycles. The van der Waals surface area contributed by atoms with Gasteiger partial charge in [0.1, 0.15) is 17.4 Å². The zero-order valence-corrected chi connectivity index (χ0v) is 16.3. The molecule has 0 unspecified atom stereocenters. The standard InChI is InChI=1S/C18H24N4O4S/c1-3-26-15-4-6-16(7-5-15)27(23,24)19-13-17-20-14(2)12-18(21-17)22-8-10-25-11-9-22/h4-7,12,19H,3,8-11,13H2,1-2H3. The number of aryl methyl sites for hydroxylation is 1. The van der Waals surface area contributed by atoms with Crippen molar-refractivity contribution in [3.05, 3.63) is 41.9 Å². The first kappa shape index (κ1) is 19.5. The molecule has 0 spiro atoms. The Bertz CT molecular complexity index is 865. The quantitative estimate of drug-likeness (QED) is 0.763. The number of ether oxygens (including phenoxy) is 2. The lowest BCUT2D eigenvalue weighted by atomic mass is 10.3. The van der Waals surface area contributed by atoms with Crippen LogP contribution in [0.25, 0.3) is 0 Å². The molecular weight excluding hydrogens is 368 g/mol. The maximum atomic E-state index is 12.5. The summed E-state index contributed by atoms with van der Waals surface area (Å²) in [5.41, 5.74) is 0.793. The van der Waals surface area contributed by atoms with E-state index in [9.17, 15) is 8.42 Å². The van der Waals surface area contributed by atoms with Crippen LogP contribution in [0.4, 0.5) is 5.82 Å². The predicted molar refractivity (Wildman–Crippen MR) is 101 cm³/mol. The predicted octanol–water partition coefficient (Wildman–Crippen LogP) is 1.50. The highest BCUT2D eigenvalue weighted by Gasteiger charge is 2.17. The van der Waals surface area contributed by atoms with Gasteiger partial charge in [-0.2, -0.15) is 0 Å². The van der Waals surface area contributed by atoms with Crippen LogP contribution in [-0.2, 0) is 21.3 Å². The third kappa shape index (κ3) is 5.15. The van der Waals surface area contributed by atoms with E-state index in [1.807, 2.05) is 19.9 Å². The van der Waals surface area contributed by atoms with Gasteiger partial charge in [0.25, 0.3) is 0 Å². The van der Waals surface area contributed by atoms with Gasteiger partial charge in [0.2, 0.25) is 10.0 Å². The summed E-state index contributed by atoms with van der Waals surface area (Å²) >= 11 is 0. The van der Waals surface area contributed by atoms with Gasteiger partial charge in [-0.25, -0.2) is 23.1 Å². The van der Waals surface area contributed by atoms with E-state index in [0.29, 0.717) is 31.4 Å². The van der Waals surface area contributed by atoms with Gasteiger partial charge in [0, 0.05) is 24.8 Å². The van der Waals surface area contributed by atoms with E-state index in [1.165, 1.54) is 12.1 Å². The second-order valence-corrected chi connectivity index (χ2v) is 7.88. The molecule has 8 nitrogen and oxygen atoms in total. The number of benzene rings is 1. The van der Waals surface area contributed by atoms with Crippen molar-refractivity contribution in [1.82, 2.24) is 14.7 Å². The largest absolute Gasteiger partial charge is 0.494 e. The number of anilines is 1. The molecule has 0 radical (unpaired) electrons. The topological polar surface area (TPSA) is 93.7 Å². The van der Waals surface area contributed by atoms with Crippen molar-refractivity contribution in [3.63, 3.8) is 0 Å². The summed E-state index contributed by atoms with van der Waals surface area (Å²) in [6.45, 7) is 7.12. The lowest BCUT2D eigenvalue weighted by Gasteiger charge is -2.28. The molecule has 0 saturated carbocycles. The second-order valence-electron chi connectivity index (χ2n) is 6.11. The molecule has 3 rings (SSSR count). The Morgan fingerprint density at radius 3 is 2.56 bits per heavy atom. The molecule has 146 valence electrons. The monoisotopic (exact) mass is 392 g/mol. The summed E-state index contributed by atoms with van der Waals surface area (Å²) in [6.07, 6.45) is 0. The van der Waals surface area contributed by atoms with Gasteiger partial charge in [-0.05, 0) is 38.1 Å². The summed E-state index contributed by atoms with van der Waals surface area (Å²) in [5.74, 6) is 1.86. The average molecular weight is 392 g/mol. The minimum absolute atomic E-state index is 0.0224. The van der Waals surface area contributed by atoms with Gasteiger partial charge in [0.05, 0.1) is 31.3 Å². The Morgan fingerprint density at radius 2 is 1.89 bits per heavy atom. The minimum atomic E-state index is -3.66. The van der Waals surface area contributed by atoms with Crippen LogP contribution < -0.4 is 14.4 Å². The molecule has 1 aromatic carbocycles. The summed E-state index contributed by atoms with van der Waals surface area (Å²) in [4.78, 5) is 11.1. The average Bonchev–Trinajstić information content (AvgIpc) is 2.67. The van der Waals surface area contributed by atoms with Crippen LogP contribution >= 0.6 is 0 Å². The summed E-state index contributed by atoms with van der Waals surface area (Å²) in [6, 6.07) is 8.21. The van der Waals surface area contributed by atoms with Crippen molar-refractivity contribution in [2.75, 3.05) is 37.8 Å². The van der Waals surface area contributed by atoms with E-state index in [-0.39, 0.29) is 11.4 Å². The van der Waals surface area contributed by atoms with Crippen LogP contribution in [-0.4, -0.2) is 51.3 Å². The number of nitrogens with zero attached hydrogens (tertiary/aromatic N) is 3. The first-order chi connectivity index (χ1) is 13.0. The van der Waals surface area contributed by atoms with E-state index in [2.05, 4.69) is 19.6 Å². The fourth-order valence-corrected chi connectivity index (χ4v) is 3.75. The molecule has 0 amide bonds. The number of rotatable bonds is 7. The summed E-state index contributed by atoms with van der Waals surface area (Å²) in [5, 5.41) is 0. The third-order valence-electron chi connectivity index (χ3n) is 4.09. The van der Waals surface area contributed by atoms with E-state index < -0.39 is 10.0 Å². The SMILES string of the molecule is CCOc1ccc(S(=O)(=O)NCc2nc(C)cc(N3CCOCC3)n2)cc1. The maximum Gasteiger partial charge on any atom is 0.240 e. The summed E-state index contributed by atoms with van der Waals surface area (Å²) in [7, 11) is -3.66. The smallest absolute Gasteiger partial charge is 0.240 e. The fourth-order valence-electron chi connectivity index (χ4n) is 2.77. The zero-order chi connectivity index (χ0) is 19.3. The highest BCUT2D eigenvalue weighted by molar-refractivity contribution is 7.89. The van der Waals surface area contributed by atoms with Gasteiger partial charge >= 0.3 is 0 Å². The molecule has 0 aliphatic carbocycles. The van der Waals surface area contributed by atoms with Crippen LogP contribution in [0.15, 0.2) is 35.2 Å². The Balaban J connectivity index is 1.70. The van der Waals surface area contributed by atoms with E-state index >= 15 is 0 Å². The van der Waals surface area contributed by atoms with Crippen molar-refractivity contribution in [1.29, 1.82) is 0 Å². The van der Waals surface area contributed by atoms with Crippen LogP contribution in [0.3, 0.4) is 0 Å². The van der Waals surface area contributed by atoms with E-state index in [1.54, 1.807) is 12.1 Å². The molecule has 2 heterocycles. The number of hydrogen-bond acceptors (Lipinski definition) is 7. The highest BCUT2D eigenvalue weighted by Crippen LogP contribution is 2.17. The van der Waals surface area contributed by atoms with E-state index in [4.69, 9.17) is 9.47 Å². The molecule has 1 fully saturated rings. The Kier molecular flexibility index (Phi) is 6.25. The molecule has 1 aliphatic heterocycles. The van der Waals surface area contributed by atoms with E-state index in [0.717, 1.165) is 24.6 Å². The van der Waals surface area contributed by atoms with Gasteiger partial charge in [-0.3, -0.25) is 0 Å². The van der Waals surface area contributed by atoms with Crippen molar-refractivity contribution in [3.8, 4) is 5.75 Å². The number of hydrogen-bond donors (Lipinski definition) is 1. The third-order valence-corrected chi connectivity index (χ3v) is 5.50. The van der Waals surface area contributed by atoms with Gasteiger partial charge in [-0.15, -0.1) is 0 Å². The first-order valence-corrected chi connectivity index (χ1v) is 10.4. The lowest BCUT2D eigenvalue weighted by molar-refractivity contribution is 0.122. The van der Waals surface area contributed by atoms with Crippen LogP contribution in [0.2, 0.25) is 0 Å². The summed E-state index contributed by atoms with van der Waals surface area (Å²) < 4.78 is 38.3. The van der Waals surface area contributed by atoms with Crippen molar-refractivity contribution < 1.29 is 17.9 Å². The molecular formula is C18H24N4O4S. The maximum absolute atomic E-state index is 12.5. The molecule has 0 bridgehead atoms. The van der Waals surface area contributed by atoms with Gasteiger partial charge in [0.15, 0.2) is 0 Å². The highest BCUT2D eigenvalue weighted by atomic mass is 32.2. The first-order valence-electron chi connectivity index (χ1n) is 8.88. The van der Waals surface area contributed by atoms with Crippen LogP contribution in [0.1, 0.15) is 18.4 Å². The van der Waals surface area contributed by atoms with Gasteiger partial charge in [-0.1, -0.05) is 0 Å². The normalized spacial score (nSPS) is 15.0. The fraction of sp³-hybridized carbons (Fsp3) is 0.444. The molecule has 27 heavy (non-hydrogen) atoms. The molecule has 1 N–H and O–H groups in total. The van der Waals surface area contributed by atoms with Crippen LogP contribution in [0.5, 0.6) is 5.75 Å². The lowest BCUT2D eigenvalue weighted by Crippen LogP contribution is -2.37. The molecule has 2 aromatic rings. The van der Waals surface area contributed by atoms with Gasteiger partial charge < -0.3 is 14.4 Å². The van der Waals surface area contributed by atoms with Crippen molar-refractivity contribution in [2.45, 2.75) is 25.3 Å².